The van der Waals surface area contributed by atoms with Crippen LogP contribution in [-0.4, -0.2) is 0 Å². The van der Waals surface area contributed by atoms with Crippen LogP contribution in [0.1, 0.15) is 89.5 Å². The molecule has 0 amide bonds. The molecule has 34 heavy (non-hydrogen) atoms. The van der Waals surface area contributed by atoms with E-state index in [0.29, 0.717) is 0 Å². The molecule has 0 nitrogen and oxygen atoms in total. The molecule has 2 fully saturated rings. The highest BCUT2D eigenvalue weighted by Gasteiger charge is 2.30. The van der Waals surface area contributed by atoms with Gasteiger partial charge in [0, 0.05) is 0 Å². The van der Waals surface area contributed by atoms with Gasteiger partial charge in [0.2, 0.25) is 0 Å². The Bertz CT molecular complexity index is 930. The molecule has 2 aromatic carbocycles. The van der Waals surface area contributed by atoms with Crippen molar-refractivity contribution in [1.29, 1.82) is 0 Å². The molecule has 0 spiro atoms. The Hall–Kier alpha value is -1.96. The van der Waals surface area contributed by atoms with E-state index in [2.05, 4.69) is 25.6 Å². The second kappa shape index (κ2) is 12.1. The lowest BCUT2D eigenvalue weighted by molar-refractivity contribution is 0.141. The maximum atomic E-state index is 13.8. The molecule has 2 aliphatic rings. The van der Waals surface area contributed by atoms with Crippen molar-refractivity contribution >= 4 is 0 Å². The van der Waals surface area contributed by atoms with Gasteiger partial charge in [-0.25, -0.2) is 8.78 Å². The lowest BCUT2D eigenvalue weighted by atomic mass is 9.68. The van der Waals surface area contributed by atoms with Crippen LogP contribution in [0.4, 0.5) is 8.78 Å². The maximum Gasteiger partial charge on any atom is 0.159 e. The molecule has 184 valence electrons. The van der Waals surface area contributed by atoms with Crippen LogP contribution in [0, 0.1) is 35.3 Å². The Balaban J connectivity index is 1.23. The van der Waals surface area contributed by atoms with Crippen molar-refractivity contribution in [2.45, 2.75) is 90.4 Å². The van der Waals surface area contributed by atoms with Gasteiger partial charge in [-0.15, -0.1) is 0 Å². The molecule has 4 rings (SSSR count). The molecular formula is C32H42F2. The van der Waals surface area contributed by atoms with E-state index >= 15 is 0 Å². The number of hydrogen-bond acceptors (Lipinski definition) is 0. The SMILES string of the molecule is C=C(CC)CCC1CCC(C2CCC(CCc3ccccc3-c3ccc(F)c(F)c3)CC2)CC1. The van der Waals surface area contributed by atoms with Crippen molar-refractivity contribution in [3.8, 4) is 11.1 Å². The molecule has 0 unspecified atom stereocenters. The van der Waals surface area contributed by atoms with Crippen LogP contribution < -0.4 is 0 Å². The molecule has 2 aliphatic carbocycles. The Morgan fingerprint density at radius 1 is 0.794 bits per heavy atom. The van der Waals surface area contributed by atoms with Gasteiger partial charge in [-0.2, -0.15) is 0 Å². The van der Waals surface area contributed by atoms with Crippen molar-refractivity contribution in [3.05, 3.63) is 71.8 Å². The second-order valence-electron chi connectivity index (χ2n) is 11.0. The van der Waals surface area contributed by atoms with E-state index in [-0.39, 0.29) is 0 Å². The normalized spacial score (nSPS) is 25.3. The van der Waals surface area contributed by atoms with Gasteiger partial charge in [0.25, 0.3) is 0 Å². The molecular weight excluding hydrogens is 422 g/mol. The van der Waals surface area contributed by atoms with E-state index in [1.807, 2.05) is 12.1 Å². The number of aryl methyl sites for hydroxylation is 1. The highest BCUT2D eigenvalue weighted by molar-refractivity contribution is 5.67. The Labute approximate surface area is 205 Å². The summed E-state index contributed by atoms with van der Waals surface area (Å²) in [6, 6.07) is 12.5. The third-order valence-corrected chi connectivity index (χ3v) is 8.93. The molecule has 2 saturated carbocycles. The monoisotopic (exact) mass is 464 g/mol. The maximum absolute atomic E-state index is 13.8. The fourth-order valence-corrected chi connectivity index (χ4v) is 6.52. The van der Waals surface area contributed by atoms with E-state index in [1.54, 1.807) is 6.07 Å². The number of hydrogen-bond donors (Lipinski definition) is 0. The second-order valence-corrected chi connectivity index (χ2v) is 11.0. The highest BCUT2D eigenvalue weighted by atomic mass is 19.2. The Morgan fingerprint density at radius 2 is 1.41 bits per heavy atom. The zero-order valence-electron chi connectivity index (χ0n) is 21.0. The minimum atomic E-state index is -0.783. The molecule has 2 aromatic rings. The minimum Gasteiger partial charge on any atom is -0.204 e. The lowest BCUT2D eigenvalue weighted by Gasteiger charge is -2.38. The van der Waals surface area contributed by atoms with Crippen LogP contribution in [0.25, 0.3) is 11.1 Å². The topological polar surface area (TPSA) is 0 Å². The van der Waals surface area contributed by atoms with E-state index < -0.39 is 11.6 Å². The molecule has 0 saturated heterocycles. The minimum absolute atomic E-state index is 0.771. The van der Waals surface area contributed by atoms with Crippen molar-refractivity contribution < 1.29 is 8.78 Å². The fourth-order valence-electron chi connectivity index (χ4n) is 6.52. The largest absolute Gasteiger partial charge is 0.204 e. The zero-order valence-corrected chi connectivity index (χ0v) is 21.0. The summed E-state index contributed by atoms with van der Waals surface area (Å²) in [6.45, 7) is 6.41. The summed E-state index contributed by atoms with van der Waals surface area (Å²) >= 11 is 0. The first-order valence-corrected chi connectivity index (χ1v) is 13.7. The molecule has 0 heterocycles. The van der Waals surface area contributed by atoms with Crippen molar-refractivity contribution in [2.24, 2.45) is 23.7 Å². The molecule has 0 aromatic heterocycles. The average Bonchev–Trinajstić information content (AvgIpc) is 2.88. The molecule has 0 N–H and O–H groups in total. The standard InChI is InChI=1S/C32H42F2/c1-3-23(2)8-9-24-10-15-26(16-11-24)27-17-12-25(13-18-27)14-19-28-6-4-5-7-30(28)29-20-21-31(33)32(34)22-29/h4-7,20-22,24-27H,2-3,8-19H2,1H3. The smallest absolute Gasteiger partial charge is 0.159 e. The predicted molar refractivity (Wildman–Crippen MR) is 140 cm³/mol. The first kappa shape index (κ1) is 25.1. The van der Waals surface area contributed by atoms with E-state index in [4.69, 9.17) is 0 Å². The summed E-state index contributed by atoms with van der Waals surface area (Å²) in [7, 11) is 0. The van der Waals surface area contributed by atoms with Crippen LogP contribution in [-0.2, 0) is 6.42 Å². The zero-order chi connectivity index (χ0) is 23.9. The van der Waals surface area contributed by atoms with E-state index in [0.717, 1.165) is 47.6 Å². The van der Waals surface area contributed by atoms with E-state index in [9.17, 15) is 8.78 Å². The van der Waals surface area contributed by atoms with Crippen LogP contribution in [0.15, 0.2) is 54.6 Å². The predicted octanol–water partition coefficient (Wildman–Crippen LogP) is 9.92. The summed E-state index contributed by atoms with van der Waals surface area (Å²) in [5.74, 6) is 2.08. The van der Waals surface area contributed by atoms with Gasteiger partial charge in [0.1, 0.15) is 0 Å². The third-order valence-electron chi connectivity index (χ3n) is 8.93. The van der Waals surface area contributed by atoms with E-state index in [1.165, 1.54) is 93.9 Å². The molecule has 0 radical (unpaired) electrons. The quantitative estimate of drug-likeness (QED) is 0.324. The Kier molecular flexibility index (Phi) is 8.98. The summed E-state index contributed by atoms with van der Waals surface area (Å²) in [5, 5.41) is 0. The van der Waals surface area contributed by atoms with Gasteiger partial charge in [-0.3, -0.25) is 0 Å². The third kappa shape index (κ3) is 6.58. The first-order valence-electron chi connectivity index (χ1n) is 13.7. The van der Waals surface area contributed by atoms with Gasteiger partial charge < -0.3 is 0 Å². The van der Waals surface area contributed by atoms with Gasteiger partial charge >= 0.3 is 0 Å². The number of rotatable bonds is 9. The van der Waals surface area contributed by atoms with Crippen LogP contribution in [0.5, 0.6) is 0 Å². The number of allylic oxidation sites excluding steroid dienone is 1. The number of benzene rings is 2. The average molecular weight is 465 g/mol. The van der Waals surface area contributed by atoms with Gasteiger partial charge in [-0.1, -0.05) is 75.1 Å². The molecule has 2 heteroatoms. The summed E-state index contributed by atoms with van der Waals surface area (Å²) < 4.78 is 27.2. The Morgan fingerprint density at radius 3 is 2.03 bits per heavy atom. The van der Waals surface area contributed by atoms with Crippen LogP contribution in [0.3, 0.4) is 0 Å². The molecule has 0 atom stereocenters. The fraction of sp³-hybridized carbons (Fsp3) is 0.562. The molecule has 0 aliphatic heterocycles. The van der Waals surface area contributed by atoms with Gasteiger partial charge in [0.05, 0.1) is 0 Å². The first-order chi connectivity index (χ1) is 16.5. The lowest BCUT2D eigenvalue weighted by Crippen LogP contribution is -2.26. The van der Waals surface area contributed by atoms with Crippen molar-refractivity contribution in [1.82, 2.24) is 0 Å². The van der Waals surface area contributed by atoms with Crippen molar-refractivity contribution in [3.63, 3.8) is 0 Å². The number of halogens is 2. The van der Waals surface area contributed by atoms with Crippen molar-refractivity contribution in [2.75, 3.05) is 0 Å². The molecule has 0 bridgehead atoms. The van der Waals surface area contributed by atoms with Gasteiger partial charge in [0.15, 0.2) is 11.6 Å². The summed E-state index contributed by atoms with van der Waals surface area (Å²) in [4.78, 5) is 0. The van der Waals surface area contributed by atoms with Crippen LogP contribution in [0.2, 0.25) is 0 Å². The summed E-state index contributed by atoms with van der Waals surface area (Å²) in [6.07, 6.45) is 17.2. The summed E-state index contributed by atoms with van der Waals surface area (Å²) in [5.41, 5.74) is 4.48. The van der Waals surface area contributed by atoms with Gasteiger partial charge in [-0.05, 0) is 110 Å². The highest BCUT2D eigenvalue weighted by Crippen LogP contribution is 2.43. The van der Waals surface area contributed by atoms with Crippen LogP contribution >= 0.6 is 0 Å².